The fraction of sp³-hybridized carbons (Fsp3) is 0.400. The van der Waals surface area contributed by atoms with Crippen LogP contribution in [0.25, 0.3) is 0 Å². The Kier molecular flexibility index (Phi) is 3.01. The summed E-state index contributed by atoms with van der Waals surface area (Å²) in [5.74, 6) is 1.13. The second-order valence-electron chi connectivity index (χ2n) is 2.93. The van der Waals surface area contributed by atoms with Gasteiger partial charge in [0.05, 0.1) is 0 Å². The van der Waals surface area contributed by atoms with E-state index in [1.807, 2.05) is 11.8 Å². The molecule has 0 unspecified atom stereocenters. The second-order valence-corrected chi connectivity index (χ2v) is 3.79. The first kappa shape index (κ1) is 8.66. The van der Waals surface area contributed by atoms with Crippen LogP contribution in [0.4, 0.5) is 0 Å². The molecule has 0 nitrogen and oxygen atoms in total. The minimum absolute atomic E-state index is 1.13. The van der Waals surface area contributed by atoms with Gasteiger partial charge in [-0.05, 0) is 25.7 Å². The van der Waals surface area contributed by atoms with Crippen LogP contribution >= 0.6 is 11.8 Å². The molecular formula is C10H14S. The third-order valence-electron chi connectivity index (χ3n) is 1.59. The number of rotatable bonds is 2. The van der Waals surface area contributed by atoms with Gasteiger partial charge in [-0.2, -0.15) is 11.8 Å². The summed E-state index contributed by atoms with van der Waals surface area (Å²) in [6.45, 7) is 4.30. The Morgan fingerprint density at radius 1 is 1.09 bits per heavy atom. The standard InChI is InChI=1S/C10H14S/c1-8-4-9(2)6-10(5-8)7-11-3/h4-6H,7H2,1-3H3. The van der Waals surface area contributed by atoms with Crippen molar-refractivity contribution in [3.8, 4) is 0 Å². The summed E-state index contributed by atoms with van der Waals surface area (Å²) in [7, 11) is 0. The molecule has 1 aromatic carbocycles. The third-order valence-corrected chi connectivity index (χ3v) is 2.21. The lowest BCUT2D eigenvalue weighted by Crippen LogP contribution is -1.83. The van der Waals surface area contributed by atoms with Crippen LogP contribution in [0.1, 0.15) is 16.7 Å². The van der Waals surface area contributed by atoms with Crippen LogP contribution in [-0.4, -0.2) is 6.26 Å². The van der Waals surface area contributed by atoms with E-state index in [4.69, 9.17) is 0 Å². The van der Waals surface area contributed by atoms with Crippen molar-refractivity contribution in [2.45, 2.75) is 19.6 Å². The first-order valence-electron chi connectivity index (χ1n) is 3.78. The van der Waals surface area contributed by atoms with E-state index in [-0.39, 0.29) is 0 Å². The summed E-state index contributed by atoms with van der Waals surface area (Å²) in [6.07, 6.45) is 2.14. The topological polar surface area (TPSA) is 0 Å². The van der Waals surface area contributed by atoms with Gasteiger partial charge in [0.15, 0.2) is 0 Å². The van der Waals surface area contributed by atoms with Gasteiger partial charge >= 0.3 is 0 Å². The Morgan fingerprint density at radius 3 is 2.09 bits per heavy atom. The molecule has 1 aromatic rings. The summed E-state index contributed by atoms with van der Waals surface area (Å²) < 4.78 is 0. The fourth-order valence-corrected chi connectivity index (χ4v) is 1.82. The molecule has 0 aliphatic heterocycles. The molecule has 0 aromatic heterocycles. The van der Waals surface area contributed by atoms with Crippen LogP contribution in [-0.2, 0) is 5.75 Å². The van der Waals surface area contributed by atoms with E-state index in [9.17, 15) is 0 Å². The summed E-state index contributed by atoms with van der Waals surface area (Å²) >= 11 is 1.87. The van der Waals surface area contributed by atoms with E-state index in [0.717, 1.165) is 5.75 Å². The average Bonchev–Trinajstić information content (AvgIpc) is 1.85. The highest BCUT2D eigenvalue weighted by Gasteiger charge is 1.93. The Labute approximate surface area is 73.0 Å². The molecule has 0 spiro atoms. The molecule has 0 saturated heterocycles. The molecule has 0 aliphatic rings. The molecule has 0 fully saturated rings. The van der Waals surface area contributed by atoms with Crippen molar-refractivity contribution < 1.29 is 0 Å². The van der Waals surface area contributed by atoms with Crippen molar-refractivity contribution >= 4 is 11.8 Å². The molecule has 0 heterocycles. The highest BCUT2D eigenvalue weighted by atomic mass is 32.2. The highest BCUT2D eigenvalue weighted by Crippen LogP contribution is 2.13. The zero-order valence-electron chi connectivity index (χ0n) is 7.35. The summed E-state index contributed by atoms with van der Waals surface area (Å²) in [5, 5.41) is 0. The van der Waals surface area contributed by atoms with Crippen molar-refractivity contribution in [2.24, 2.45) is 0 Å². The Balaban J connectivity index is 2.89. The van der Waals surface area contributed by atoms with Crippen LogP contribution < -0.4 is 0 Å². The largest absolute Gasteiger partial charge is 0.161 e. The molecule has 0 amide bonds. The summed E-state index contributed by atoms with van der Waals surface area (Å²) in [6, 6.07) is 6.72. The molecule has 0 N–H and O–H groups in total. The molecule has 60 valence electrons. The Bertz CT molecular complexity index is 220. The van der Waals surface area contributed by atoms with Gasteiger partial charge in [-0.1, -0.05) is 29.3 Å². The van der Waals surface area contributed by atoms with E-state index in [0.29, 0.717) is 0 Å². The predicted octanol–water partition coefficient (Wildman–Crippen LogP) is 3.17. The molecule has 0 atom stereocenters. The molecule has 0 radical (unpaired) electrons. The van der Waals surface area contributed by atoms with E-state index >= 15 is 0 Å². The number of aryl methyl sites for hydroxylation is 2. The van der Waals surface area contributed by atoms with Gasteiger partial charge in [0, 0.05) is 5.75 Å². The van der Waals surface area contributed by atoms with Crippen LogP contribution in [0.3, 0.4) is 0 Å². The van der Waals surface area contributed by atoms with Gasteiger partial charge in [-0.3, -0.25) is 0 Å². The van der Waals surface area contributed by atoms with Crippen molar-refractivity contribution in [3.05, 3.63) is 34.9 Å². The number of hydrogen-bond donors (Lipinski definition) is 0. The van der Waals surface area contributed by atoms with Crippen LogP contribution in [0, 0.1) is 13.8 Å². The van der Waals surface area contributed by atoms with E-state index < -0.39 is 0 Å². The maximum absolute atomic E-state index is 2.25. The van der Waals surface area contributed by atoms with Gasteiger partial charge in [-0.15, -0.1) is 0 Å². The normalized spacial score (nSPS) is 10.1. The number of thioether (sulfide) groups is 1. The number of benzene rings is 1. The first-order chi connectivity index (χ1) is 5.22. The lowest BCUT2D eigenvalue weighted by Gasteiger charge is -2.01. The van der Waals surface area contributed by atoms with Gasteiger partial charge in [0.25, 0.3) is 0 Å². The lowest BCUT2D eigenvalue weighted by atomic mass is 10.1. The first-order valence-corrected chi connectivity index (χ1v) is 5.18. The van der Waals surface area contributed by atoms with Crippen LogP contribution in [0.5, 0.6) is 0 Å². The molecule has 0 saturated carbocycles. The van der Waals surface area contributed by atoms with E-state index in [1.54, 1.807) is 0 Å². The zero-order chi connectivity index (χ0) is 8.27. The van der Waals surface area contributed by atoms with Gasteiger partial charge in [-0.25, -0.2) is 0 Å². The van der Waals surface area contributed by atoms with Crippen LogP contribution in [0.2, 0.25) is 0 Å². The van der Waals surface area contributed by atoms with E-state index in [1.165, 1.54) is 16.7 Å². The molecular weight excluding hydrogens is 152 g/mol. The van der Waals surface area contributed by atoms with Crippen molar-refractivity contribution in [1.82, 2.24) is 0 Å². The second kappa shape index (κ2) is 3.82. The SMILES string of the molecule is CSCc1cc(C)cc(C)c1. The van der Waals surface area contributed by atoms with E-state index in [2.05, 4.69) is 38.3 Å². The maximum atomic E-state index is 2.25. The summed E-state index contributed by atoms with van der Waals surface area (Å²) in [4.78, 5) is 0. The molecule has 11 heavy (non-hydrogen) atoms. The molecule has 1 heteroatoms. The Morgan fingerprint density at radius 2 is 1.64 bits per heavy atom. The smallest absolute Gasteiger partial charge is 0.0181 e. The lowest BCUT2D eigenvalue weighted by molar-refractivity contribution is 1.30. The van der Waals surface area contributed by atoms with Crippen molar-refractivity contribution in [3.63, 3.8) is 0 Å². The zero-order valence-corrected chi connectivity index (χ0v) is 8.16. The third kappa shape index (κ3) is 2.58. The minimum atomic E-state index is 1.13. The molecule has 0 aliphatic carbocycles. The summed E-state index contributed by atoms with van der Waals surface area (Å²) in [5.41, 5.74) is 4.18. The minimum Gasteiger partial charge on any atom is -0.161 e. The Hall–Kier alpha value is -0.430. The molecule has 0 bridgehead atoms. The van der Waals surface area contributed by atoms with Crippen molar-refractivity contribution in [2.75, 3.05) is 6.26 Å². The quantitative estimate of drug-likeness (QED) is 0.650. The van der Waals surface area contributed by atoms with Crippen molar-refractivity contribution in [1.29, 1.82) is 0 Å². The van der Waals surface area contributed by atoms with Gasteiger partial charge in [0.2, 0.25) is 0 Å². The molecule has 1 rings (SSSR count). The predicted molar refractivity (Wildman–Crippen MR) is 53.1 cm³/mol. The highest BCUT2D eigenvalue weighted by molar-refractivity contribution is 7.97. The van der Waals surface area contributed by atoms with Gasteiger partial charge in [0.1, 0.15) is 0 Å². The monoisotopic (exact) mass is 166 g/mol. The number of hydrogen-bond acceptors (Lipinski definition) is 1. The van der Waals surface area contributed by atoms with Gasteiger partial charge < -0.3 is 0 Å². The maximum Gasteiger partial charge on any atom is 0.0181 e. The fourth-order valence-electron chi connectivity index (χ4n) is 1.32. The van der Waals surface area contributed by atoms with Crippen LogP contribution in [0.15, 0.2) is 18.2 Å². The average molecular weight is 166 g/mol.